The SMILES string of the molecule is Cc1nc(N)sc1SCC(=O)N1CCc2sccc2C1. The molecule has 0 unspecified atom stereocenters. The second-order valence-corrected chi connectivity index (χ2v) is 7.92. The van der Waals surface area contributed by atoms with Crippen molar-refractivity contribution < 1.29 is 4.79 Å². The molecule has 0 atom stereocenters. The third-order valence-corrected chi connectivity index (χ3v) is 6.61. The number of carbonyl (C=O) groups is 1. The molecule has 0 bridgehead atoms. The lowest BCUT2D eigenvalue weighted by Gasteiger charge is -2.26. The van der Waals surface area contributed by atoms with Crippen LogP contribution >= 0.6 is 34.4 Å². The lowest BCUT2D eigenvalue weighted by molar-refractivity contribution is -0.129. The fourth-order valence-electron chi connectivity index (χ4n) is 2.22. The lowest BCUT2D eigenvalue weighted by atomic mass is 10.1. The first-order chi connectivity index (χ1) is 9.63. The predicted molar refractivity (Wildman–Crippen MR) is 85.4 cm³/mol. The molecule has 106 valence electrons. The largest absolute Gasteiger partial charge is 0.375 e. The van der Waals surface area contributed by atoms with E-state index in [-0.39, 0.29) is 5.91 Å². The van der Waals surface area contributed by atoms with Crippen molar-refractivity contribution in [3.63, 3.8) is 0 Å². The summed E-state index contributed by atoms with van der Waals surface area (Å²) >= 11 is 4.78. The maximum absolute atomic E-state index is 12.3. The van der Waals surface area contributed by atoms with Gasteiger partial charge >= 0.3 is 0 Å². The number of anilines is 1. The Labute approximate surface area is 130 Å². The highest BCUT2D eigenvalue weighted by Crippen LogP contribution is 2.31. The highest BCUT2D eigenvalue weighted by atomic mass is 32.2. The lowest BCUT2D eigenvalue weighted by Crippen LogP contribution is -2.36. The minimum Gasteiger partial charge on any atom is -0.375 e. The van der Waals surface area contributed by atoms with E-state index in [0.29, 0.717) is 10.9 Å². The minimum atomic E-state index is 0.193. The number of carbonyl (C=O) groups excluding carboxylic acids is 1. The van der Waals surface area contributed by atoms with Crippen LogP contribution in [0.3, 0.4) is 0 Å². The van der Waals surface area contributed by atoms with Crippen molar-refractivity contribution in [2.75, 3.05) is 18.0 Å². The molecule has 3 rings (SSSR count). The van der Waals surface area contributed by atoms with Gasteiger partial charge in [-0.25, -0.2) is 4.98 Å². The number of aromatic nitrogens is 1. The van der Waals surface area contributed by atoms with E-state index in [1.54, 1.807) is 23.1 Å². The van der Waals surface area contributed by atoms with Gasteiger partial charge in [-0.15, -0.1) is 23.1 Å². The third-order valence-electron chi connectivity index (χ3n) is 3.26. The fraction of sp³-hybridized carbons (Fsp3) is 0.385. The first-order valence-electron chi connectivity index (χ1n) is 6.32. The topological polar surface area (TPSA) is 59.2 Å². The number of hydrogen-bond acceptors (Lipinski definition) is 6. The van der Waals surface area contributed by atoms with Crippen LogP contribution < -0.4 is 5.73 Å². The molecular weight excluding hydrogens is 310 g/mol. The molecular formula is C13H15N3OS3. The van der Waals surface area contributed by atoms with Crippen molar-refractivity contribution in [2.45, 2.75) is 24.1 Å². The summed E-state index contributed by atoms with van der Waals surface area (Å²) in [6.45, 7) is 3.51. The van der Waals surface area contributed by atoms with Crippen LogP contribution in [0.5, 0.6) is 0 Å². The molecule has 0 spiro atoms. The number of amides is 1. The molecule has 2 N–H and O–H groups in total. The zero-order valence-corrected chi connectivity index (χ0v) is 13.5. The smallest absolute Gasteiger partial charge is 0.233 e. The quantitative estimate of drug-likeness (QED) is 0.882. The average Bonchev–Trinajstić information content (AvgIpc) is 3.01. The van der Waals surface area contributed by atoms with Crippen LogP contribution in [-0.2, 0) is 17.8 Å². The number of aryl methyl sites for hydroxylation is 1. The summed E-state index contributed by atoms with van der Waals surface area (Å²) in [5.41, 5.74) is 7.89. The number of thiophene rings is 1. The summed E-state index contributed by atoms with van der Waals surface area (Å²) in [6, 6.07) is 2.13. The molecule has 2 aromatic heterocycles. The number of thiazole rings is 1. The number of nitrogens with two attached hydrogens (primary N) is 1. The molecule has 3 heterocycles. The van der Waals surface area contributed by atoms with E-state index in [0.717, 1.165) is 29.4 Å². The molecule has 2 aromatic rings. The van der Waals surface area contributed by atoms with Crippen LogP contribution in [0.4, 0.5) is 5.13 Å². The monoisotopic (exact) mass is 325 g/mol. The zero-order chi connectivity index (χ0) is 14.1. The van der Waals surface area contributed by atoms with Crippen molar-refractivity contribution in [1.29, 1.82) is 0 Å². The molecule has 20 heavy (non-hydrogen) atoms. The Morgan fingerprint density at radius 2 is 2.45 bits per heavy atom. The maximum atomic E-state index is 12.3. The van der Waals surface area contributed by atoms with Crippen molar-refractivity contribution in [1.82, 2.24) is 9.88 Å². The van der Waals surface area contributed by atoms with Gasteiger partial charge in [0.2, 0.25) is 5.91 Å². The summed E-state index contributed by atoms with van der Waals surface area (Å²) in [5.74, 6) is 0.653. The van der Waals surface area contributed by atoms with Gasteiger partial charge in [-0.05, 0) is 30.4 Å². The first-order valence-corrected chi connectivity index (χ1v) is 9.00. The van der Waals surface area contributed by atoms with Gasteiger partial charge in [0.25, 0.3) is 0 Å². The summed E-state index contributed by atoms with van der Waals surface area (Å²) < 4.78 is 1.05. The minimum absolute atomic E-state index is 0.193. The number of fused-ring (bicyclic) bond motifs is 1. The Kier molecular flexibility index (Phi) is 4.00. The third kappa shape index (κ3) is 2.84. The molecule has 0 saturated heterocycles. The van der Waals surface area contributed by atoms with Gasteiger partial charge in [-0.2, -0.15) is 0 Å². The van der Waals surface area contributed by atoms with Crippen LogP contribution in [-0.4, -0.2) is 28.1 Å². The predicted octanol–water partition coefficient (Wildman–Crippen LogP) is 2.77. The van der Waals surface area contributed by atoms with Gasteiger partial charge in [-0.1, -0.05) is 11.3 Å². The molecule has 7 heteroatoms. The second kappa shape index (κ2) is 5.75. The van der Waals surface area contributed by atoms with E-state index < -0.39 is 0 Å². The van der Waals surface area contributed by atoms with E-state index >= 15 is 0 Å². The van der Waals surface area contributed by atoms with E-state index in [2.05, 4.69) is 16.4 Å². The van der Waals surface area contributed by atoms with Gasteiger partial charge in [0.15, 0.2) is 5.13 Å². The highest BCUT2D eigenvalue weighted by Gasteiger charge is 2.21. The van der Waals surface area contributed by atoms with Crippen LogP contribution in [0.15, 0.2) is 15.7 Å². The van der Waals surface area contributed by atoms with Crippen molar-refractivity contribution >= 4 is 45.5 Å². The van der Waals surface area contributed by atoms with Crippen molar-refractivity contribution in [2.24, 2.45) is 0 Å². The number of thioether (sulfide) groups is 1. The molecule has 1 amide bonds. The summed E-state index contributed by atoms with van der Waals surface area (Å²) in [4.78, 5) is 19.8. The first kappa shape index (κ1) is 13.9. The van der Waals surface area contributed by atoms with Gasteiger partial charge in [0.05, 0.1) is 15.7 Å². The summed E-state index contributed by atoms with van der Waals surface area (Å²) in [5, 5.41) is 2.68. The van der Waals surface area contributed by atoms with E-state index in [9.17, 15) is 4.79 Å². The van der Waals surface area contributed by atoms with Crippen LogP contribution in [0.2, 0.25) is 0 Å². The zero-order valence-electron chi connectivity index (χ0n) is 11.1. The number of nitrogen functional groups attached to an aromatic ring is 1. The maximum Gasteiger partial charge on any atom is 0.233 e. The fourth-order valence-corrected chi connectivity index (χ4v) is 5.03. The Morgan fingerprint density at radius 3 is 3.20 bits per heavy atom. The molecule has 4 nitrogen and oxygen atoms in total. The Hall–Kier alpha value is -1.05. The summed E-state index contributed by atoms with van der Waals surface area (Å²) in [6.07, 6.45) is 0.982. The average molecular weight is 325 g/mol. The number of nitrogens with zero attached hydrogens (tertiary/aromatic N) is 2. The molecule has 0 saturated carbocycles. The van der Waals surface area contributed by atoms with Gasteiger partial charge in [-0.3, -0.25) is 4.79 Å². The normalized spacial score (nSPS) is 14.3. The van der Waals surface area contributed by atoms with Gasteiger partial charge in [0, 0.05) is 18.0 Å². The highest BCUT2D eigenvalue weighted by molar-refractivity contribution is 8.01. The second-order valence-electron chi connectivity index (χ2n) is 4.65. The van der Waals surface area contributed by atoms with Crippen molar-refractivity contribution in [3.05, 3.63) is 27.6 Å². The standard InChI is InChI=1S/C13H15N3OS3/c1-8-12(20-13(14)15-8)19-7-11(17)16-4-2-10-9(6-16)3-5-18-10/h3,5H,2,4,6-7H2,1H3,(H2,14,15). The Bertz CT molecular complexity index is 635. The summed E-state index contributed by atoms with van der Waals surface area (Å²) in [7, 11) is 0. The molecule has 0 fully saturated rings. The molecule has 0 radical (unpaired) electrons. The number of rotatable bonds is 3. The van der Waals surface area contributed by atoms with E-state index in [1.165, 1.54) is 21.8 Å². The van der Waals surface area contributed by atoms with Crippen LogP contribution in [0.1, 0.15) is 16.1 Å². The molecule has 1 aliphatic rings. The van der Waals surface area contributed by atoms with E-state index in [4.69, 9.17) is 5.73 Å². The number of hydrogen-bond donors (Lipinski definition) is 1. The van der Waals surface area contributed by atoms with Crippen LogP contribution in [0.25, 0.3) is 0 Å². The van der Waals surface area contributed by atoms with E-state index in [1.807, 2.05) is 11.8 Å². The Morgan fingerprint density at radius 1 is 1.60 bits per heavy atom. The molecule has 0 aromatic carbocycles. The van der Waals surface area contributed by atoms with Gasteiger partial charge in [0.1, 0.15) is 0 Å². The molecule has 1 aliphatic heterocycles. The Balaban J connectivity index is 1.59. The molecule has 0 aliphatic carbocycles. The van der Waals surface area contributed by atoms with Crippen LogP contribution in [0, 0.1) is 6.92 Å². The van der Waals surface area contributed by atoms with Crippen molar-refractivity contribution in [3.8, 4) is 0 Å². The van der Waals surface area contributed by atoms with Gasteiger partial charge < -0.3 is 10.6 Å².